The van der Waals surface area contributed by atoms with Gasteiger partial charge in [-0.3, -0.25) is 0 Å². The van der Waals surface area contributed by atoms with Crippen molar-refractivity contribution < 1.29 is 0 Å². The monoisotopic (exact) mass is 668 g/mol. The number of para-hydroxylation sites is 3. The van der Waals surface area contributed by atoms with Crippen molar-refractivity contribution in [1.82, 2.24) is 19.1 Å². The van der Waals surface area contributed by atoms with Crippen molar-refractivity contribution in [3.05, 3.63) is 170 Å². The Labute approximate surface area is 297 Å². The number of hydrogen-bond acceptors (Lipinski definition) is 3. The third kappa shape index (κ3) is 4.25. The van der Waals surface area contributed by atoms with Crippen LogP contribution in [0.1, 0.15) is 0 Å². The number of rotatable bonds is 4. The van der Waals surface area contributed by atoms with Crippen LogP contribution in [0.3, 0.4) is 0 Å². The molecule has 0 aliphatic heterocycles. The molecular formula is C46H28N4S. The van der Waals surface area contributed by atoms with Crippen molar-refractivity contribution in [3.8, 4) is 34.0 Å². The van der Waals surface area contributed by atoms with Gasteiger partial charge in [0.25, 0.3) is 0 Å². The Bertz CT molecular complexity index is 3120. The van der Waals surface area contributed by atoms with Gasteiger partial charge in [-0.1, -0.05) is 115 Å². The molecule has 0 bridgehead atoms. The highest BCUT2D eigenvalue weighted by Gasteiger charge is 2.20. The van der Waals surface area contributed by atoms with Crippen LogP contribution in [0.4, 0.5) is 0 Å². The fourth-order valence-electron chi connectivity index (χ4n) is 7.84. The highest BCUT2D eigenvalue weighted by Crippen LogP contribution is 2.42. The van der Waals surface area contributed by atoms with Crippen LogP contribution >= 0.6 is 11.3 Å². The van der Waals surface area contributed by atoms with Crippen molar-refractivity contribution in [2.75, 3.05) is 0 Å². The number of fused-ring (bicyclic) bond motifs is 9. The summed E-state index contributed by atoms with van der Waals surface area (Å²) in [5, 5.41) is 6.12. The predicted octanol–water partition coefficient (Wildman–Crippen LogP) is 12.4. The van der Waals surface area contributed by atoms with Gasteiger partial charge in [-0.2, -0.15) is 0 Å². The van der Waals surface area contributed by atoms with E-state index in [-0.39, 0.29) is 0 Å². The van der Waals surface area contributed by atoms with Gasteiger partial charge in [0.15, 0.2) is 5.82 Å². The molecule has 0 saturated heterocycles. The largest absolute Gasteiger partial charge is 0.309 e. The van der Waals surface area contributed by atoms with Crippen molar-refractivity contribution in [2.24, 2.45) is 0 Å². The minimum atomic E-state index is 0.742. The fourth-order valence-corrected chi connectivity index (χ4v) is 8.99. The van der Waals surface area contributed by atoms with Crippen molar-refractivity contribution in [1.29, 1.82) is 0 Å². The second kappa shape index (κ2) is 11.0. The molecule has 7 aromatic carbocycles. The molecule has 4 heterocycles. The van der Waals surface area contributed by atoms with Crippen LogP contribution < -0.4 is 0 Å². The SMILES string of the molecule is c1ccc(-c2nc(-c3ccc(-n4c5ccccc5c5cc6c(cc54)c4ccccc4n6-c4ccccc4)cc3)c3sc4ccccc4c3n2)cc1. The molecule has 0 saturated carbocycles. The van der Waals surface area contributed by atoms with Crippen LogP contribution in [0.5, 0.6) is 0 Å². The van der Waals surface area contributed by atoms with E-state index < -0.39 is 0 Å². The minimum Gasteiger partial charge on any atom is -0.309 e. The van der Waals surface area contributed by atoms with Crippen LogP contribution in [0.15, 0.2) is 170 Å². The second-order valence-electron chi connectivity index (χ2n) is 13.0. The highest BCUT2D eigenvalue weighted by molar-refractivity contribution is 7.26. The normalized spacial score (nSPS) is 11.9. The van der Waals surface area contributed by atoms with Gasteiger partial charge in [0.05, 0.1) is 38.0 Å². The summed E-state index contributed by atoms with van der Waals surface area (Å²) in [5.41, 5.74) is 11.1. The Balaban J connectivity index is 1.13. The molecule has 0 amide bonds. The number of benzene rings is 7. The van der Waals surface area contributed by atoms with Crippen LogP contribution in [0.25, 0.3) is 97.9 Å². The van der Waals surface area contributed by atoms with Gasteiger partial charge in [-0.25, -0.2) is 9.97 Å². The van der Waals surface area contributed by atoms with Gasteiger partial charge in [0.2, 0.25) is 0 Å². The first-order chi connectivity index (χ1) is 25.3. The van der Waals surface area contributed by atoms with E-state index in [1.165, 1.54) is 53.7 Å². The molecule has 51 heavy (non-hydrogen) atoms. The number of nitrogens with zero attached hydrogens (tertiary/aromatic N) is 4. The number of aromatic nitrogens is 4. The average molecular weight is 669 g/mol. The Morgan fingerprint density at radius 2 is 0.922 bits per heavy atom. The zero-order valence-corrected chi connectivity index (χ0v) is 28.2. The van der Waals surface area contributed by atoms with E-state index in [9.17, 15) is 0 Å². The van der Waals surface area contributed by atoms with E-state index in [1.54, 1.807) is 11.3 Å². The number of hydrogen-bond donors (Lipinski definition) is 0. The molecule has 0 aliphatic rings. The van der Waals surface area contributed by atoms with Crippen LogP contribution in [0, 0.1) is 0 Å². The lowest BCUT2D eigenvalue weighted by Gasteiger charge is -2.11. The van der Waals surface area contributed by atoms with E-state index in [0.29, 0.717) is 0 Å². The average Bonchev–Trinajstić information content (AvgIpc) is 3.85. The Hall–Kier alpha value is -6.56. The molecule has 0 N–H and O–H groups in total. The van der Waals surface area contributed by atoms with Crippen LogP contribution in [0.2, 0.25) is 0 Å². The Morgan fingerprint density at radius 1 is 0.392 bits per heavy atom. The van der Waals surface area contributed by atoms with Crippen LogP contribution in [-0.2, 0) is 0 Å². The molecule has 0 spiro atoms. The van der Waals surface area contributed by atoms with E-state index in [1.807, 2.05) is 18.2 Å². The third-order valence-electron chi connectivity index (χ3n) is 10.1. The first-order valence-corrected chi connectivity index (χ1v) is 18.0. The highest BCUT2D eigenvalue weighted by atomic mass is 32.1. The van der Waals surface area contributed by atoms with Gasteiger partial charge >= 0.3 is 0 Å². The van der Waals surface area contributed by atoms with E-state index >= 15 is 0 Å². The summed E-state index contributed by atoms with van der Waals surface area (Å²) >= 11 is 1.76. The standard InChI is InChI=1S/C46H28N4S/c1-3-13-30(14-4-1)46-47-43(45-44(48-46)35-19-9-12-22-42(35)51-45)29-23-25-32(26-24-29)50-39-21-11-8-18-34(39)37-27-40-36(28-41(37)50)33-17-7-10-20-38(33)49(40)31-15-5-2-6-16-31/h1-28H. The second-order valence-corrected chi connectivity index (χ2v) is 14.1. The molecule has 0 atom stereocenters. The lowest BCUT2D eigenvalue weighted by molar-refractivity contribution is 1.17. The van der Waals surface area contributed by atoms with Crippen molar-refractivity contribution >= 4 is 75.3 Å². The van der Waals surface area contributed by atoms with Gasteiger partial charge in [0.1, 0.15) is 0 Å². The van der Waals surface area contributed by atoms with Gasteiger partial charge in [0, 0.05) is 54.1 Å². The molecule has 4 nitrogen and oxygen atoms in total. The molecule has 0 aliphatic carbocycles. The van der Waals surface area contributed by atoms with Crippen molar-refractivity contribution in [2.45, 2.75) is 0 Å². The van der Waals surface area contributed by atoms with Gasteiger partial charge in [-0.05, 0) is 54.6 Å². The molecule has 5 heteroatoms. The van der Waals surface area contributed by atoms with E-state index in [4.69, 9.17) is 9.97 Å². The topological polar surface area (TPSA) is 35.6 Å². The molecule has 238 valence electrons. The first kappa shape index (κ1) is 28.3. The molecule has 0 radical (unpaired) electrons. The summed E-state index contributed by atoms with van der Waals surface area (Å²) in [6.45, 7) is 0. The first-order valence-electron chi connectivity index (χ1n) is 17.2. The zero-order chi connectivity index (χ0) is 33.5. The number of thiophene rings is 1. The molecule has 0 fully saturated rings. The summed E-state index contributed by atoms with van der Waals surface area (Å²) < 4.78 is 7.13. The summed E-state index contributed by atoms with van der Waals surface area (Å²) in [4.78, 5) is 10.3. The summed E-state index contributed by atoms with van der Waals surface area (Å²) in [5.74, 6) is 0.742. The Morgan fingerprint density at radius 3 is 1.57 bits per heavy atom. The van der Waals surface area contributed by atoms with E-state index in [0.717, 1.165) is 44.2 Å². The maximum atomic E-state index is 5.21. The summed E-state index contributed by atoms with van der Waals surface area (Å²) in [6, 6.07) is 60.6. The van der Waals surface area contributed by atoms with Crippen molar-refractivity contribution in [3.63, 3.8) is 0 Å². The molecular weight excluding hydrogens is 641 g/mol. The molecule has 11 aromatic rings. The van der Waals surface area contributed by atoms with Gasteiger partial charge < -0.3 is 9.13 Å². The predicted molar refractivity (Wildman–Crippen MR) is 214 cm³/mol. The minimum absolute atomic E-state index is 0.742. The smallest absolute Gasteiger partial charge is 0.160 e. The fraction of sp³-hybridized carbons (Fsp3) is 0. The lowest BCUT2D eigenvalue weighted by Crippen LogP contribution is -1.96. The summed E-state index contributed by atoms with van der Waals surface area (Å²) in [6.07, 6.45) is 0. The van der Waals surface area contributed by atoms with Gasteiger partial charge in [-0.15, -0.1) is 11.3 Å². The Kier molecular flexibility index (Phi) is 6.09. The quantitative estimate of drug-likeness (QED) is 0.187. The maximum absolute atomic E-state index is 5.21. The van der Waals surface area contributed by atoms with E-state index in [2.05, 4.69) is 161 Å². The molecule has 0 unspecified atom stereocenters. The zero-order valence-electron chi connectivity index (χ0n) is 27.4. The van der Waals surface area contributed by atoms with Crippen LogP contribution in [-0.4, -0.2) is 19.1 Å². The summed E-state index contributed by atoms with van der Waals surface area (Å²) in [7, 11) is 0. The maximum Gasteiger partial charge on any atom is 0.160 e. The molecule has 4 aromatic heterocycles. The third-order valence-corrected chi connectivity index (χ3v) is 11.3. The lowest BCUT2D eigenvalue weighted by atomic mass is 10.1. The molecule has 11 rings (SSSR count).